The predicted octanol–water partition coefficient (Wildman–Crippen LogP) is 8.20. The highest BCUT2D eigenvalue weighted by Gasteiger charge is 2.30. The smallest absolute Gasteiger partial charge is 0.338 e. The fraction of sp³-hybridized carbons (Fsp3) is 0.250. The molecule has 0 bridgehead atoms. The molecule has 1 aromatic heterocycles. The van der Waals surface area contributed by atoms with Gasteiger partial charge in [0.15, 0.2) is 5.82 Å². The number of carboxylic acid groups (broad SMARTS) is 1. The van der Waals surface area contributed by atoms with Crippen molar-refractivity contribution >= 4 is 73.1 Å². The number of nitrogens with one attached hydrogen (secondary N) is 2. The number of aromatic nitrogens is 2. The Kier molecular flexibility index (Phi) is 13.7. The number of nitrogens with zero attached hydrogens (tertiary/aromatic N) is 6. The van der Waals surface area contributed by atoms with Crippen molar-refractivity contribution in [3.8, 4) is 11.1 Å². The number of carbonyl (C=O) groups is 1. The van der Waals surface area contributed by atoms with Crippen molar-refractivity contribution in [2.24, 2.45) is 0 Å². The molecule has 0 amide bonds. The third kappa shape index (κ3) is 10.8. The Morgan fingerprint density at radius 2 is 1.67 bits per heavy atom. The van der Waals surface area contributed by atoms with Gasteiger partial charge >= 0.3 is 5.97 Å². The molecule has 1 aliphatic heterocycles. The van der Waals surface area contributed by atoms with E-state index >= 15 is 0 Å². The zero-order valence-electron chi connectivity index (χ0n) is 33.6. The Morgan fingerprint density at radius 1 is 0.951 bits per heavy atom. The van der Waals surface area contributed by atoms with Crippen molar-refractivity contribution in [3.63, 3.8) is 0 Å². The summed E-state index contributed by atoms with van der Waals surface area (Å²) in [5.74, 6) is -1.11. The number of benzene rings is 5. The first-order valence-electron chi connectivity index (χ1n) is 19.6. The summed E-state index contributed by atoms with van der Waals surface area (Å²) in [6.45, 7) is 4.45. The van der Waals surface area contributed by atoms with Crippen LogP contribution in [0, 0.1) is 10.1 Å². The van der Waals surface area contributed by atoms with E-state index in [0.29, 0.717) is 34.6 Å². The van der Waals surface area contributed by atoms with Gasteiger partial charge in [-0.1, -0.05) is 66.2 Å². The van der Waals surface area contributed by atoms with Crippen LogP contribution in [0.5, 0.6) is 0 Å². The largest absolute Gasteiger partial charge is 0.478 e. The number of aromatic carboxylic acids is 1. The van der Waals surface area contributed by atoms with Crippen LogP contribution in [-0.2, 0) is 16.6 Å². The molecule has 17 heteroatoms. The van der Waals surface area contributed by atoms with Crippen molar-refractivity contribution in [3.05, 3.63) is 142 Å². The van der Waals surface area contributed by atoms with Gasteiger partial charge in [-0.05, 0) is 92.3 Å². The van der Waals surface area contributed by atoms with E-state index < -0.39 is 43.1 Å². The van der Waals surface area contributed by atoms with Crippen molar-refractivity contribution in [2.45, 2.75) is 28.8 Å². The number of rotatable bonds is 17. The molecule has 0 aliphatic carbocycles. The quantitative estimate of drug-likeness (QED) is 0.0455. The van der Waals surface area contributed by atoms with Crippen molar-refractivity contribution in [1.82, 2.24) is 19.8 Å². The standard InChI is InChI=1S/C44H45ClN8O6S2/c1-50(2)18-17-33(28-60-35-11-7-4-8-12-35)48-42-39(44(54)55)25-36(26-41(42)53(56)57)61(58,59)49-43-38-16-14-34(24-40(38)46-29-47-43)52-21-19-51(20-22-52)27-31-23-32(45)13-15-37(31)30-9-5-3-6-10-30/h3-16,23-26,29,33,48H,17-22,27-28H2,1-2H3,(H,54,55)(H,46,47,49). The molecule has 3 N–H and O–H groups in total. The van der Waals surface area contributed by atoms with Gasteiger partial charge in [-0.25, -0.2) is 23.2 Å². The zero-order valence-corrected chi connectivity index (χ0v) is 36.0. The number of halogens is 1. The van der Waals surface area contributed by atoms with E-state index in [1.165, 1.54) is 18.1 Å². The number of anilines is 3. The number of piperazine rings is 1. The molecule has 2 heterocycles. The fourth-order valence-electron chi connectivity index (χ4n) is 7.26. The summed E-state index contributed by atoms with van der Waals surface area (Å²) < 4.78 is 30.3. The second-order valence-electron chi connectivity index (χ2n) is 14.9. The molecule has 1 fully saturated rings. The minimum absolute atomic E-state index is 0.0551. The number of sulfonamides is 1. The number of hydrogen-bond donors (Lipinski definition) is 3. The normalized spacial score (nSPS) is 13.9. The molecule has 1 unspecified atom stereocenters. The molecular formula is C44H45ClN8O6S2. The monoisotopic (exact) mass is 880 g/mol. The van der Waals surface area contributed by atoms with Crippen LogP contribution in [-0.4, -0.2) is 103 Å². The van der Waals surface area contributed by atoms with Crippen LogP contribution >= 0.6 is 23.4 Å². The fourth-order valence-corrected chi connectivity index (χ4v) is 9.52. The maximum Gasteiger partial charge on any atom is 0.338 e. The first-order valence-corrected chi connectivity index (χ1v) is 22.4. The third-order valence-electron chi connectivity index (χ3n) is 10.4. The van der Waals surface area contributed by atoms with Gasteiger partial charge in [-0.3, -0.25) is 19.7 Å². The molecule has 0 radical (unpaired) electrons. The molecule has 0 saturated carbocycles. The first kappa shape index (κ1) is 43.3. The minimum Gasteiger partial charge on any atom is -0.478 e. The summed E-state index contributed by atoms with van der Waals surface area (Å²) in [5, 5.41) is 27.0. The molecule has 7 rings (SSSR count). The maximum absolute atomic E-state index is 13.9. The first-order chi connectivity index (χ1) is 29.3. The topological polar surface area (TPSA) is 174 Å². The Morgan fingerprint density at radius 3 is 2.36 bits per heavy atom. The van der Waals surface area contributed by atoms with E-state index in [9.17, 15) is 28.4 Å². The molecule has 1 atom stereocenters. The van der Waals surface area contributed by atoms with Crippen LogP contribution in [0.2, 0.25) is 5.02 Å². The average Bonchev–Trinajstić information content (AvgIpc) is 3.25. The molecule has 61 heavy (non-hydrogen) atoms. The Hall–Kier alpha value is -5.78. The van der Waals surface area contributed by atoms with Crippen molar-refractivity contribution in [2.75, 3.05) is 67.5 Å². The highest BCUT2D eigenvalue weighted by Crippen LogP contribution is 2.36. The van der Waals surface area contributed by atoms with E-state index in [0.717, 1.165) is 72.1 Å². The zero-order chi connectivity index (χ0) is 43.1. The predicted molar refractivity (Wildman–Crippen MR) is 243 cm³/mol. The second-order valence-corrected chi connectivity index (χ2v) is 18.2. The lowest BCUT2D eigenvalue weighted by molar-refractivity contribution is -0.384. The van der Waals surface area contributed by atoms with Gasteiger partial charge in [0, 0.05) is 71.6 Å². The van der Waals surface area contributed by atoms with Gasteiger partial charge in [0.1, 0.15) is 12.0 Å². The van der Waals surface area contributed by atoms with E-state index in [4.69, 9.17) is 11.6 Å². The van der Waals surface area contributed by atoms with Gasteiger partial charge in [0.05, 0.1) is 20.9 Å². The van der Waals surface area contributed by atoms with Crippen LogP contribution in [0.4, 0.5) is 22.9 Å². The maximum atomic E-state index is 13.9. The van der Waals surface area contributed by atoms with Gasteiger partial charge < -0.3 is 20.2 Å². The SMILES string of the molecule is CN(C)CCC(CSc1ccccc1)Nc1c(C(=O)O)cc(S(=O)(=O)Nc2ncnc3cc(N4CCN(Cc5cc(Cl)ccc5-c5ccccc5)CC4)ccc23)cc1[N+](=O)[O-]. The summed E-state index contributed by atoms with van der Waals surface area (Å²) in [6.07, 6.45) is 1.76. The van der Waals surface area contributed by atoms with E-state index in [2.05, 4.69) is 48.0 Å². The van der Waals surface area contributed by atoms with Crippen LogP contribution in [0.3, 0.4) is 0 Å². The highest BCUT2D eigenvalue weighted by atomic mass is 35.5. The van der Waals surface area contributed by atoms with Crippen molar-refractivity contribution in [1.29, 1.82) is 0 Å². The van der Waals surface area contributed by atoms with Gasteiger partial charge in [-0.2, -0.15) is 0 Å². The molecule has 1 aliphatic rings. The number of thioether (sulfide) groups is 1. The van der Waals surface area contributed by atoms with Crippen LogP contribution in [0.1, 0.15) is 22.3 Å². The van der Waals surface area contributed by atoms with E-state index in [1.54, 1.807) is 6.07 Å². The molecule has 316 valence electrons. The lowest BCUT2D eigenvalue weighted by atomic mass is 9.99. The highest BCUT2D eigenvalue weighted by molar-refractivity contribution is 7.99. The molecule has 0 spiro atoms. The van der Waals surface area contributed by atoms with E-state index in [1.807, 2.05) is 91.8 Å². The number of nitro groups is 1. The molecule has 1 saturated heterocycles. The summed E-state index contributed by atoms with van der Waals surface area (Å²) in [7, 11) is -0.796. The third-order valence-corrected chi connectivity index (χ3v) is 13.2. The number of hydrogen-bond acceptors (Lipinski definition) is 12. The Balaban J connectivity index is 1.08. The Labute approximate surface area is 363 Å². The molecule has 14 nitrogen and oxygen atoms in total. The molecular weight excluding hydrogens is 836 g/mol. The van der Waals surface area contributed by atoms with E-state index in [-0.39, 0.29) is 11.5 Å². The lowest BCUT2D eigenvalue weighted by Gasteiger charge is -2.36. The lowest BCUT2D eigenvalue weighted by Crippen LogP contribution is -2.46. The van der Waals surface area contributed by atoms with Crippen LogP contribution in [0.15, 0.2) is 125 Å². The second kappa shape index (κ2) is 19.3. The summed E-state index contributed by atoms with van der Waals surface area (Å²) in [4.78, 5) is 40.0. The molecule has 5 aromatic carbocycles. The van der Waals surface area contributed by atoms with Crippen LogP contribution < -0.4 is 14.9 Å². The van der Waals surface area contributed by atoms with Gasteiger partial charge in [0.2, 0.25) is 0 Å². The Bertz CT molecular complexity index is 2600. The number of nitro benzene ring substituents is 1. The van der Waals surface area contributed by atoms with Gasteiger partial charge in [0.25, 0.3) is 15.7 Å². The van der Waals surface area contributed by atoms with Gasteiger partial charge in [-0.15, -0.1) is 11.8 Å². The van der Waals surface area contributed by atoms with Crippen LogP contribution in [0.25, 0.3) is 22.0 Å². The summed E-state index contributed by atoms with van der Waals surface area (Å²) in [6, 6.07) is 32.7. The summed E-state index contributed by atoms with van der Waals surface area (Å²) >= 11 is 7.94. The minimum atomic E-state index is -4.59. The molecule has 6 aromatic rings. The number of carboxylic acids is 1. The number of fused-ring (bicyclic) bond motifs is 1. The summed E-state index contributed by atoms with van der Waals surface area (Å²) in [5.41, 5.74) is 3.34. The van der Waals surface area contributed by atoms with Crippen molar-refractivity contribution < 1.29 is 23.2 Å². The average molecular weight is 881 g/mol.